The van der Waals surface area contributed by atoms with Gasteiger partial charge >= 0.3 is 11.7 Å². The number of nitrogens with one attached hydrogen (secondary N) is 2. The van der Waals surface area contributed by atoms with Crippen LogP contribution in [-0.4, -0.2) is 32.6 Å². The van der Waals surface area contributed by atoms with Gasteiger partial charge in [-0.2, -0.15) is 0 Å². The summed E-state index contributed by atoms with van der Waals surface area (Å²) in [6.07, 6.45) is 0.245. The number of carboxylic acid groups (broad SMARTS) is 1. The number of carbonyl (C=O) groups excluding carboxylic acids is 1. The Morgan fingerprint density at radius 3 is 2.33 bits per heavy atom. The van der Waals surface area contributed by atoms with Crippen molar-refractivity contribution in [3.8, 4) is 0 Å². The molecule has 0 saturated carbocycles. The van der Waals surface area contributed by atoms with Gasteiger partial charge in [-0.25, -0.2) is 14.2 Å². The van der Waals surface area contributed by atoms with Crippen LogP contribution in [0, 0.1) is 11.8 Å². The van der Waals surface area contributed by atoms with Gasteiger partial charge in [-0.05, 0) is 30.4 Å². The van der Waals surface area contributed by atoms with Crippen molar-refractivity contribution < 1.29 is 14.7 Å². The van der Waals surface area contributed by atoms with E-state index in [4.69, 9.17) is 0 Å². The van der Waals surface area contributed by atoms with Gasteiger partial charge in [0.1, 0.15) is 12.1 Å². The minimum Gasteiger partial charge on any atom is -0.480 e. The van der Waals surface area contributed by atoms with E-state index in [-0.39, 0.29) is 17.7 Å². The molecule has 8 heteroatoms. The van der Waals surface area contributed by atoms with Crippen molar-refractivity contribution in [1.82, 2.24) is 14.9 Å². The molecule has 0 radical (unpaired) electrons. The number of fused-ring (bicyclic) bond motifs is 1. The summed E-state index contributed by atoms with van der Waals surface area (Å²) in [5, 5.41) is 12.1. The number of aromatic nitrogens is 2. The smallest absolute Gasteiger partial charge is 0.329 e. The second-order valence-electron chi connectivity index (χ2n) is 7.37. The first-order chi connectivity index (χ1) is 12.6. The Hall–Kier alpha value is -2.90. The maximum Gasteiger partial charge on any atom is 0.329 e. The van der Waals surface area contributed by atoms with Gasteiger partial charge in [-0.1, -0.05) is 39.8 Å². The minimum absolute atomic E-state index is 0.0516. The normalized spacial score (nSPS) is 13.7. The van der Waals surface area contributed by atoms with Gasteiger partial charge in [0, 0.05) is 0 Å². The molecule has 2 rings (SSSR count). The Morgan fingerprint density at radius 1 is 1.15 bits per heavy atom. The predicted octanol–water partition coefficient (Wildman–Crippen LogP) is 1.50. The van der Waals surface area contributed by atoms with E-state index in [0.29, 0.717) is 5.52 Å². The molecular weight excluding hydrogens is 350 g/mol. The third-order valence-corrected chi connectivity index (χ3v) is 4.34. The van der Waals surface area contributed by atoms with E-state index < -0.39 is 41.1 Å². The first kappa shape index (κ1) is 20.4. The second kappa shape index (κ2) is 8.20. The molecule has 1 aromatic heterocycles. The van der Waals surface area contributed by atoms with E-state index in [9.17, 15) is 24.3 Å². The van der Waals surface area contributed by atoms with Crippen LogP contribution in [0.2, 0.25) is 0 Å². The summed E-state index contributed by atoms with van der Waals surface area (Å²) in [5.74, 6) is -2.17. The number of carbonyl (C=O) groups is 2. The zero-order valence-electron chi connectivity index (χ0n) is 15.9. The zero-order valence-corrected chi connectivity index (χ0v) is 15.9. The molecule has 0 aliphatic heterocycles. The van der Waals surface area contributed by atoms with Crippen LogP contribution >= 0.6 is 0 Å². The van der Waals surface area contributed by atoms with Crippen LogP contribution in [0.15, 0.2) is 33.9 Å². The Bertz CT molecular complexity index is 958. The van der Waals surface area contributed by atoms with Crippen LogP contribution in [0.1, 0.15) is 40.2 Å². The summed E-state index contributed by atoms with van der Waals surface area (Å²) in [6.45, 7) is 7.09. The van der Waals surface area contributed by atoms with Gasteiger partial charge in [0.15, 0.2) is 0 Å². The number of nitrogens with zero attached hydrogens (tertiary/aromatic N) is 1. The number of rotatable bonds is 7. The van der Waals surface area contributed by atoms with E-state index in [1.165, 1.54) is 0 Å². The maximum absolute atomic E-state index is 12.8. The van der Waals surface area contributed by atoms with Gasteiger partial charge in [0.2, 0.25) is 5.91 Å². The molecule has 8 nitrogen and oxygen atoms in total. The molecule has 27 heavy (non-hydrogen) atoms. The summed E-state index contributed by atoms with van der Waals surface area (Å²) in [6, 6.07) is 4.32. The van der Waals surface area contributed by atoms with E-state index in [1.54, 1.807) is 38.1 Å². The first-order valence-corrected chi connectivity index (χ1v) is 8.90. The number of aromatic amines is 1. The summed E-state index contributed by atoms with van der Waals surface area (Å²) in [5.41, 5.74) is -0.905. The van der Waals surface area contributed by atoms with E-state index in [0.717, 1.165) is 4.57 Å². The zero-order chi connectivity index (χ0) is 20.3. The van der Waals surface area contributed by atoms with Gasteiger partial charge in [-0.3, -0.25) is 9.59 Å². The molecule has 0 bridgehead atoms. The summed E-state index contributed by atoms with van der Waals surface area (Å²) >= 11 is 0. The fourth-order valence-corrected chi connectivity index (χ4v) is 3.10. The molecular formula is C19H25N3O5. The van der Waals surface area contributed by atoms with E-state index in [1.807, 2.05) is 13.8 Å². The molecule has 2 atom stereocenters. The highest BCUT2D eigenvalue weighted by Gasteiger charge is 2.31. The van der Waals surface area contributed by atoms with Crippen molar-refractivity contribution >= 4 is 22.8 Å². The van der Waals surface area contributed by atoms with Crippen molar-refractivity contribution in [3.63, 3.8) is 0 Å². The second-order valence-corrected chi connectivity index (χ2v) is 7.37. The monoisotopic (exact) mass is 375 g/mol. The molecule has 0 aliphatic carbocycles. The van der Waals surface area contributed by atoms with Crippen molar-refractivity contribution in [1.29, 1.82) is 0 Å². The summed E-state index contributed by atoms with van der Waals surface area (Å²) in [7, 11) is 0. The van der Waals surface area contributed by atoms with Crippen LogP contribution in [0.5, 0.6) is 0 Å². The number of para-hydroxylation sites is 1. The highest BCUT2D eigenvalue weighted by Crippen LogP contribution is 2.17. The lowest BCUT2D eigenvalue weighted by Crippen LogP contribution is -2.50. The van der Waals surface area contributed by atoms with Crippen LogP contribution in [0.25, 0.3) is 10.9 Å². The molecule has 1 amide bonds. The quantitative estimate of drug-likeness (QED) is 0.677. The van der Waals surface area contributed by atoms with Crippen molar-refractivity contribution in [3.05, 3.63) is 45.1 Å². The Balaban J connectivity index is 2.50. The average molecular weight is 375 g/mol. The molecule has 146 valence electrons. The SMILES string of the molecule is CC(C)C[C@H](NC(=O)[C@H](C(C)C)n1c(=O)[nH]c2ccccc2c1=O)C(=O)O. The largest absolute Gasteiger partial charge is 0.480 e. The molecule has 3 N–H and O–H groups in total. The minimum atomic E-state index is -1.15. The van der Waals surface area contributed by atoms with Crippen LogP contribution in [0.4, 0.5) is 0 Å². The third kappa shape index (κ3) is 4.45. The average Bonchev–Trinajstić information content (AvgIpc) is 2.56. The Morgan fingerprint density at radius 2 is 1.78 bits per heavy atom. The fraction of sp³-hybridized carbons (Fsp3) is 0.474. The predicted molar refractivity (Wildman–Crippen MR) is 102 cm³/mol. The standard InChI is InChI=1S/C19H25N3O5/c1-10(2)9-14(18(25)26)20-16(23)15(11(3)4)22-17(24)12-7-5-6-8-13(12)21-19(22)27/h5-8,10-11,14-15H,9H2,1-4H3,(H,20,23)(H,21,27)(H,25,26)/t14-,15-/m0/s1. The molecule has 0 fully saturated rings. The van der Waals surface area contributed by atoms with Gasteiger partial charge < -0.3 is 15.4 Å². The number of aliphatic carboxylic acids is 1. The third-order valence-electron chi connectivity index (χ3n) is 4.34. The molecule has 0 saturated heterocycles. The number of hydrogen-bond donors (Lipinski definition) is 3. The highest BCUT2D eigenvalue weighted by atomic mass is 16.4. The topological polar surface area (TPSA) is 121 Å². The van der Waals surface area contributed by atoms with E-state index >= 15 is 0 Å². The van der Waals surface area contributed by atoms with Crippen molar-refractivity contribution in [2.24, 2.45) is 11.8 Å². The molecule has 0 aliphatic rings. The first-order valence-electron chi connectivity index (χ1n) is 8.90. The highest BCUT2D eigenvalue weighted by molar-refractivity contribution is 5.86. The summed E-state index contributed by atoms with van der Waals surface area (Å²) in [4.78, 5) is 52.3. The lowest BCUT2D eigenvalue weighted by Gasteiger charge is -2.25. The lowest BCUT2D eigenvalue weighted by atomic mass is 10.00. The number of hydrogen-bond acceptors (Lipinski definition) is 4. The number of amides is 1. The van der Waals surface area contributed by atoms with E-state index in [2.05, 4.69) is 10.3 Å². The Labute approximate surface area is 156 Å². The maximum atomic E-state index is 12.8. The lowest BCUT2D eigenvalue weighted by molar-refractivity contribution is -0.143. The van der Waals surface area contributed by atoms with Gasteiger partial charge in [-0.15, -0.1) is 0 Å². The number of carboxylic acids is 1. The summed E-state index contributed by atoms with van der Waals surface area (Å²) < 4.78 is 0.872. The molecule has 1 aromatic carbocycles. The molecule has 0 spiro atoms. The molecule has 0 unspecified atom stereocenters. The van der Waals surface area contributed by atoms with Gasteiger partial charge in [0.05, 0.1) is 10.9 Å². The molecule has 2 aromatic rings. The van der Waals surface area contributed by atoms with Gasteiger partial charge in [0.25, 0.3) is 5.56 Å². The number of benzene rings is 1. The van der Waals surface area contributed by atoms with Crippen LogP contribution in [0.3, 0.4) is 0 Å². The van der Waals surface area contributed by atoms with Crippen molar-refractivity contribution in [2.45, 2.75) is 46.2 Å². The van der Waals surface area contributed by atoms with Crippen molar-refractivity contribution in [2.75, 3.05) is 0 Å². The van der Waals surface area contributed by atoms with Crippen LogP contribution in [-0.2, 0) is 9.59 Å². The van der Waals surface area contributed by atoms with Crippen LogP contribution < -0.4 is 16.6 Å². The Kier molecular flexibility index (Phi) is 6.20. The number of H-pyrrole nitrogens is 1. The molecule has 1 heterocycles. The fourth-order valence-electron chi connectivity index (χ4n) is 3.10.